The van der Waals surface area contributed by atoms with Crippen LogP contribution in [-0.4, -0.2) is 23.2 Å². The van der Waals surface area contributed by atoms with Gasteiger partial charge in [-0.05, 0) is 111 Å². The van der Waals surface area contributed by atoms with E-state index in [0.29, 0.717) is 29.2 Å². The molecule has 30 heavy (non-hydrogen) atoms. The van der Waals surface area contributed by atoms with Crippen LogP contribution in [0.2, 0.25) is 0 Å². The van der Waals surface area contributed by atoms with Gasteiger partial charge < -0.3 is 10.4 Å². The zero-order valence-corrected chi connectivity index (χ0v) is 20.3. The van der Waals surface area contributed by atoms with Gasteiger partial charge in [0.05, 0.1) is 0 Å². The Hall–Kier alpha value is -0.570. The molecule has 2 N–H and O–H groups in total. The molecule has 4 fully saturated rings. The molecule has 3 nitrogen and oxygen atoms in total. The van der Waals surface area contributed by atoms with Crippen LogP contribution in [0.5, 0.6) is 0 Å². The fourth-order valence-corrected chi connectivity index (χ4v) is 9.41. The quantitative estimate of drug-likeness (QED) is 0.518. The molecule has 3 heteroatoms. The molecule has 0 aromatic heterocycles. The molecule has 0 radical (unpaired) electrons. The van der Waals surface area contributed by atoms with Crippen LogP contribution < -0.4 is 5.32 Å². The number of carboxylic acids is 1. The van der Waals surface area contributed by atoms with Gasteiger partial charge in [0.15, 0.2) is 0 Å². The largest absolute Gasteiger partial charge is 0.481 e. The number of aliphatic carboxylic acids is 1. The van der Waals surface area contributed by atoms with Gasteiger partial charge in [-0.25, -0.2) is 0 Å². The molecule has 0 saturated heterocycles. The minimum absolute atomic E-state index is 0.343. The number of rotatable bonds is 6. The molecule has 1 unspecified atom stereocenters. The summed E-state index contributed by atoms with van der Waals surface area (Å²) in [4.78, 5) is 11.1. The highest BCUT2D eigenvalue weighted by atomic mass is 16.4. The SMILES string of the molecule is CC(C)NC1CC[C@@]2(C)[C@H](CC[C@@H]3[C@@H]2CC[C@]2(C)[C@@H]([C@H](C)CCC(=O)O)CC[C@@H]32)C1. The fraction of sp³-hybridized carbons (Fsp3) is 0.963. The highest BCUT2D eigenvalue weighted by Crippen LogP contribution is 2.68. The molecule has 4 rings (SSSR count). The summed E-state index contributed by atoms with van der Waals surface area (Å²) in [7, 11) is 0. The van der Waals surface area contributed by atoms with E-state index in [1.807, 2.05) is 0 Å². The second kappa shape index (κ2) is 8.41. The van der Waals surface area contributed by atoms with Gasteiger partial charge in [0.2, 0.25) is 0 Å². The van der Waals surface area contributed by atoms with Gasteiger partial charge in [-0.2, -0.15) is 0 Å². The summed E-state index contributed by atoms with van der Waals surface area (Å²) in [6, 6.07) is 1.34. The van der Waals surface area contributed by atoms with Crippen molar-refractivity contribution < 1.29 is 9.90 Å². The molecular formula is C27H47NO2. The van der Waals surface area contributed by atoms with E-state index in [9.17, 15) is 4.79 Å². The molecule has 4 aliphatic carbocycles. The Morgan fingerprint density at radius 3 is 2.37 bits per heavy atom. The fourth-order valence-electron chi connectivity index (χ4n) is 9.41. The lowest BCUT2D eigenvalue weighted by Crippen LogP contribution is -2.55. The van der Waals surface area contributed by atoms with Gasteiger partial charge in [0.25, 0.3) is 0 Å². The molecule has 0 aliphatic heterocycles. The third kappa shape index (κ3) is 3.86. The zero-order valence-electron chi connectivity index (χ0n) is 20.3. The Balaban J connectivity index is 1.46. The minimum atomic E-state index is -0.626. The van der Waals surface area contributed by atoms with Crippen LogP contribution in [0.1, 0.15) is 105 Å². The standard InChI is InChI=1S/C27H47NO2/c1-17(2)28-20-12-14-26(4)19(16-20)7-8-21-23-10-9-22(18(3)6-11-25(29)30)27(23,5)15-13-24(21)26/h17-24,28H,6-16H2,1-5H3,(H,29,30)/t18-,19-,20?,21+,22-,23+,24+,26+,27-/m1/s1. The molecule has 0 spiro atoms. The lowest BCUT2D eigenvalue weighted by Gasteiger charge is -2.61. The van der Waals surface area contributed by atoms with Gasteiger partial charge in [0, 0.05) is 18.5 Å². The number of hydrogen-bond donors (Lipinski definition) is 2. The molecule has 0 heterocycles. The van der Waals surface area contributed by atoms with Gasteiger partial charge >= 0.3 is 5.97 Å². The van der Waals surface area contributed by atoms with Crippen molar-refractivity contribution in [3.05, 3.63) is 0 Å². The van der Waals surface area contributed by atoms with Crippen LogP contribution in [0.3, 0.4) is 0 Å². The first kappa shape index (κ1) is 22.6. The first-order valence-corrected chi connectivity index (χ1v) is 13.1. The second-order valence-electron chi connectivity index (χ2n) is 12.6. The average Bonchev–Trinajstić information content (AvgIpc) is 3.03. The van der Waals surface area contributed by atoms with Crippen molar-refractivity contribution in [1.82, 2.24) is 5.32 Å². The summed E-state index contributed by atoms with van der Waals surface area (Å²) < 4.78 is 0. The minimum Gasteiger partial charge on any atom is -0.481 e. The first-order chi connectivity index (χ1) is 14.1. The summed E-state index contributed by atoms with van der Waals surface area (Å²) in [5, 5.41) is 13.0. The van der Waals surface area contributed by atoms with E-state index in [0.717, 1.165) is 42.1 Å². The zero-order chi connectivity index (χ0) is 21.7. The third-order valence-corrected chi connectivity index (χ3v) is 10.8. The summed E-state index contributed by atoms with van der Waals surface area (Å²) in [5.74, 6) is 4.33. The monoisotopic (exact) mass is 417 g/mol. The highest BCUT2D eigenvalue weighted by Gasteiger charge is 2.60. The number of nitrogens with one attached hydrogen (secondary N) is 1. The first-order valence-electron chi connectivity index (χ1n) is 13.1. The predicted molar refractivity (Wildman–Crippen MR) is 123 cm³/mol. The summed E-state index contributed by atoms with van der Waals surface area (Å²) in [6.07, 6.45) is 13.8. The van der Waals surface area contributed by atoms with Gasteiger partial charge in [-0.15, -0.1) is 0 Å². The molecule has 4 saturated carbocycles. The van der Waals surface area contributed by atoms with Crippen LogP contribution in [0.15, 0.2) is 0 Å². The van der Waals surface area contributed by atoms with E-state index in [1.54, 1.807) is 0 Å². The number of carbonyl (C=O) groups is 1. The number of carboxylic acid groups (broad SMARTS) is 1. The van der Waals surface area contributed by atoms with Crippen molar-refractivity contribution in [1.29, 1.82) is 0 Å². The Morgan fingerprint density at radius 2 is 1.67 bits per heavy atom. The molecule has 0 aromatic rings. The lowest BCUT2D eigenvalue weighted by molar-refractivity contribution is -0.137. The Morgan fingerprint density at radius 1 is 0.967 bits per heavy atom. The molecule has 4 aliphatic rings. The van der Waals surface area contributed by atoms with E-state index < -0.39 is 5.97 Å². The van der Waals surface area contributed by atoms with Crippen molar-refractivity contribution in [2.75, 3.05) is 0 Å². The second-order valence-corrected chi connectivity index (χ2v) is 12.6. The predicted octanol–water partition coefficient (Wildman–Crippen LogP) is 6.51. The number of hydrogen-bond acceptors (Lipinski definition) is 2. The van der Waals surface area contributed by atoms with E-state index in [-0.39, 0.29) is 0 Å². The summed E-state index contributed by atoms with van der Waals surface area (Å²) >= 11 is 0. The Labute approximate surface area is 185 Å². The smallest absolute Gasteiger partial charge is 0.303 e. The maximum atomic E-state index is 11.1. The molecule has 172 valence electrons. The van der Waals surface area contributed by atoms with Crippen molar-refractivity contribution in [2.45, 2.75) is 117 Å². The van der Waals surface area contributed by atoms with E-state index >= 15 is 0 Å². The molecule has 0 amide bonds. The molecular weight excluding hydrogens is 370 g/mol. The van der Waals surface area contributed by atoms with Crippen LogP contribution in [-0.2, 0) is 4.79 Å². The van der Waals surface area contributed by atoms with Crippen LogP contribution >= 0.6 is 0 Å². The normalized spacial score (nSPS) is 46.7. The van der Waals surface area contributed by atoms with Gasteiger partial charge in [0.1, 0.15) is 0 Å². The molecule has 9 atom stereocenters. The van der Waals surface area contributed by atoms with Gasteiger partial charge in [-0.3, -0.25) is 4.79 Å². The average molecular weight is 418 g/mol. The van der Waals surface area contributed by atoms with Crippen molar-refractivity contribution in [2.24, 2.45) is 46.3 Å². The van der Waals surface area contributed by atoms with E-state index in [2.05, 4.69) is 39.9 Å². The summed E-state index contributed by atoms with van der Waals surface area (Å²) in [6.45, 7) is 12.2. The van der Waals surface area contributed by atoms with E-state index in [1.165, 1.54) is 57.8 Å². The Bertz CT molecular complexity index is 632. The lowest BCUT2D eigenvalue weighted by atomic mass is 9.44. The maximum absolute atomic E-state index is 11.1. The van der Waals surface area contributed by atoms with Crippen molar-refractivity contribution in [3.63, 3.8) is 0 Å². The molecule has 0 aromatic carbocycles. The Kier molecular flexibility index (Phi) is 6.34. The number of fused-ring (bicyclic) bond motifs is 5. The van der Waals surface area contributed by atoms with Crippen LogP contribution in [0.4, 0.5) is 0 Å². The van der Waals surface area contributed by atoms with Gasteiger partial charge in [-0.1, -0.05) is 34.6 Å². The summed E-state index contributed by atoms with van der Waals surface area (Å²) in [5.41, 5.74) is 1.02. The van der Waals surface area contributed by atoms with Crippen molar-refractivity contribution >= 4 is 5.97 Å². The van der Waals surface area contributed by atoms with E-state index in [4.69, 9.17) is 5.11 Å². The highest BCUT2D eigenvalue weighted by molar-refractivity contribution is 5.66. The third-order valence-electron chi connectivity index (χ3n) is 10.8. The topological polar surface area (TPSA) is 49.3 Å². The van der Waals surface area contributed by atoms with Crippen LogP contribution in [0, 0.1) is 46.3 Å². The maximum Gasteiger partial charge on any atom is 0.303 e. The molecule has 0 bridgehead atoms. The van der Waals surface area contributed by atoms with Crippen molar-refractivity contribution in [3.8, 4) is 0 Å². The van der Waals surface area contributed by atoms with Crippen LogP contribution in [0.25, 0.3) is 0 Å².